The normalized spacial score (nSPS) is 14.3. The Kier molecular flexibility index (Phi) is 6.88. The molecule has 1 amide bonds. The van der Waals surface area contributed by atoms with Gasteiger partial charge in [-0.2, -0.15) is 0 Å². The predicted octanol–water partition coefficient (Wildman–Crippen LogP) is 4.53. The molecular formula is C26H27FN2O4S. The Morgan fingerprint density at radius 1 is 1.12 bits per heavy atom. The Balaban J connectivity index is 1.42. The maximum absolute atomic E-state index is 13.4. The van der Waals surface area contributed by atoms with E-state index in [0.717, 1.165) is 29.7 Å². The average molecular weight is 483 g/mol. The minimum absolute atomic E-state index is 0.184. The first-order valence-electron chi connectivity index (χ1n) is 11.1. The second-order valence-corrected chi connectivity index (χ2v) is 10.2. The lowest BCUT2D eigenvalue weighted by Gasteiger charge is -2.30. The molecular weight excluding hydrogens is 455 g/mol. The number of carbonyl (C=O) groups is 1. The van der Waals surface area contributed by atoms with E-state index in [1.807, 2.05) is 24.3 Å². The molecule has 1 N–H and O–H groups in total. The number of fused-ring (bicyclic) bond motifs is 1. The van der Waals surface area contributed by atoms with Crippen LogP contribution in [-0.4, -0.2) is 27.5 Å². The summed E-state index contributed by atoms with van der Waals surface area (Å²) < 4.78 is 46.9. The van der Waals surface area contributed by atoms with E-state index in [2.05, 4.69) is 5.32 Å². The Morgan fingerprint density at radius 3 is 2.59 bits per heavy atom. The van der Waals surface area contributed by atoms with Crippen LogP contribution in [-0.2, 0) is 21.2 Å². The number of aryl methyl sites for hydroxylation is 2. The molecule has 34 heavy (non-hydrogen) atoms. The maximum atomic E-state index is 13.4. The fourth-order valence-corrected chi connectivity index (χ4v) is 5.71. The highest BCUT2D eigenvalue weighted by Gasteiger charge is 2.29. The van der Waals surface area contributed by atoms with Crippen molar-refractivity contribution in [3.05, 3.63) is 89.2 Å². The van der Waals surface area contributed by atoms with Crippen molar-refractivity contribution in [1.29, 1.82) is 0 Å². The number of hydrogen-bond acceptors (Lipinski definition) is 4. The number of amides is 1. The summed E-state index contributed by atoms with van der Waals surface area (Å²) in [6, 6.07) is 17.8. The number of sulfonamides is 1. The molecule has 0 saturated carbocycles. The Morgan fingerprint density at radius 2 is 1.85 bits per heavy atom. The molecule has 0 aliphatic carbocycles. The minimum atomic E-state index is -3.72. The smallest absolute Gasteiger partial charge is 0.264 e. The van der Waals surface area contributed by atoms with Crippen LogP contribution < -0.4 is 14.4 Å². The van der Waals surface area contributed by atoms with Crippen LogP contribution in [0.4, 0.5) is 10.1 Å². The summed E-state index contributed by atoms with van der Waals surface area (Å²) in [6.07, 6.45) is 1.62. The van der Waals surface area contributed by atoms with E-state index in [-0.39, 0.29) is 29.3 Å². The monoisotopic (exact) mass is 482 g/mol. The van der Waals surface area contributed by atoms with Crippen LogP contribution >= 0.6 is 0 Å². The average Bonchev–Trinajstić information content (AvgIpc) is 2.83. The number of hydrogen-bond donors (Lipinski definition) is 1. The SMILES string of the molecule is Cc1cc(S(=O)(=O)N2CCCc3ccccc32)ccc1OCC(=O)N[C@H](C)c1ccc(F)cc1. The zero-order valence-corrected chi connectivity index (χ0v) is 19.9. The van der Waals surface area contributed by atoms with Crippen molar-refractivity contribution in [2.75, 3.05) is 17.5 Å². The molecule has 1 heterocycles. The molecule has 1 atom stereocenters. The summed E-state index contributed by atoms with van der Waals surface area (Å²) in [4.78, 5) is 12.5. The quantitative estimate of drug-likeness (QED) is 0.537. The molecule has 0 fully saturated rings. The van der Waals surface area contributed by atoms with Gasteiger partial charge in [-0.3, -0.25) is 9.10 Å². The Hall–Kier alpha value is -3.39. The van der Waals surface area contributed by atoms with E-state index in [1.54, 1.807) is 38.1 Å². The van der Waals surface area contributed by atoms with E-state index in [0.29, 0.717) is 17.9 Å². The molecule has 1 aliphatic heterocycles. The maximum Gasteiger partial charge on any atom is 0.264 e. The van der Waals surface area contributed by atoms with Crippen LogP contribution in [0.1, 0.15) is 36.1 Å². The van der Waals surface area contributed by atoms with Gasteiger partial charge in [0.15, 0.2) is 6.61 Å². The molecule has 1 aliphatic rings. The van der Waals surface area contributed by atoms with Gasteiger partial charge < -0.3 is 10.1 Å². The second kappa shape index (κ2) is 9.85. The van der Waals surface area contributed by atoms with Crippen LogP contribution in [0.2, 0.25) is 0 Å². The van der Waals surface area contributed by atoms with Crippen molar-refractivity contribution in [2.24, 2.45) is 0 Å². The predicted molar refractivity (Wildman–Crippen MR) is 129 cm³/mol. The Bertz CT molecular complexity index is 1290. The lowest BCUT2D eigenvalue weighted by Crippen LogP contribution is -2.35. The summed E-state index contributed by atoms with van der Waals surface area (Å²) in [5.74, 6) is -0.239. The van der Waals surface area contributed by atoms with Crippen molar-refractivity contribution in [3.8, 4) is 5.75 Å². The van der Waals surface area contributed by atoms with Crippen LogP contribution in [0, 0.1) is 12.7 Å². The van der Waals surface area contributed by atoms with E-state index >= 15 is 0 Å². The van der Waals surface area contributed by atoms with E-state index in [4.69, 9.17) is 4.74 Å². The van der Waals surface area contributed by atoms with Crippen molar-refractivity contribution >= 4 is 21.6 Å². The highest BCUT2D eigenvalue weighted by molar-refractivity contribution is 7.92. The van der Waals surface area contributed by atoms with Crippen LogP contribution in [0.15, 0.2) is 71.6 Å². The standard InChI is InChI=1S/C26H27FN2O4S/c1-18-16-23(34(31,32)29-15-5-7-21-6-3-4-8-24(21)29)13-14-25(18)33-17-26(30)28-19(2)20-9-11-22(27)12-10-20/h3-4,6,8-14,16,19H,5,7,15,17H2,1-2H3,(H,28,30)/t19-/m1/s1. The van der Waals surface area contributed by atoms with Crippen molar-refractivity contribution in [1.82, 2.24) is 5.32 Å². The lowest BCUT2D eigenvalue weighted by molar-refractivity contribution is -0.123. The molecule has 0 bridgehead atoms. The van der Waals surface area contributed by atoms with Crippen LogP contribution in [0.5, 0.6) is 5.75 Å². The minimum Gasteiger partial charge on any atom is -0.484 e. The fourth-order valence-electron chi connectivity index (χ4n) is 4.08. The summed E-state index contributed by atoms with van der Waals surface area (Å²) in [5, 5.41) is 2.80. The summed E-state index contributed by atoms with van der Waals surface area (Å²) in [5.41, 5.74) is 3.14. The molecule has 6 nitrogen and oxygen atoms in total. The number of ether oxygens (including phenoxy) is 1. The van der Waals surface area contributed by atoms with Crippen LogP contribution in [0.25, 0.3) is 0 Å². The molecule has 178 valence electrons. The van der Waals surface area contributed by atoms with Crippen molar-refractivity contribution in [2.45, 2.75) is 37.6 Å². The first-order valence-corrected chi connectivity index (χ1v) is 12.6. The topological polar surface area (TPSA) is 75.7 Å². The van der Waals surface area contributed by atoms with Crippen LogP contribution in [0.3, 0.4) is 0 Å². The van der Waals surface area contributed by atoms with Gasteiger partial charge >= 0.3 is 0 Å². The number of benzene rings is 3. The van der Waals surface area contributed by atoms with Gasteiger partial charge in [0, 0.05) is 6.54 Å². The zero-order chi connectivity index (χ0) is 24.3. The van der Waals surface area contributed by atoms with Gasteiger partial charge in [-0.1, -0.05) is 30.3 Å². The first-order chi connectivity index (χ1) is 16.3. The first kappa shape index (κ1) is 23.8. The van der Waals surface area contributed by atoms with E-state index in [9.17, 15) is 17.6 Å². The number of nitrogens with zero attached hydrogens (tertiary/aromatic N) is 1. The molecule has 4 rings (SSSR count). The Labute approximate surface area is 199 Å². The number of halogens is 1. The van der Waals surface area contributed by atoms with Gasteiger partial charge in [0.2, 0.25) is 0 Å². The third-order valence-corrected chi connectivity index (χ3v) is 7.72. The number of rotatable bonds is 7. The number of para-hydroxylation sites is 1. The fraction of sp³-hybridized carbons (Fsp3) is 0.269. The second-order valence-electron chi connectivity index (χ2n) is 8.37. The number of anilines is 1. The third kappa shape index (κ3) is 5.07. The summed E-state index contributed by atoms with van der Waals surface area (Å²) in [7, 11) is -3.72. The lowest BCUT2D eigenvalue weighted by atomic mass is 10.0. The molecule has 0 unspecified atom stereocenters. The van der Waals surface area contributed by atoms with Gasteiger partial charge in [0.1, 0.15) is 11.6 Å². The van der Waals surface area contributed by atoms with Crippen molar-refractivity contribution < 1.29 is 22.3 Å². The van der Waals surface area contributed by atoms with E-state index < -0.39 is 10.0 Å². The number of carbonyl (C=O) groups excluding carboxylic acids is 1. The highest BCUT2D eigenvalue weighted by atomic mass is 32.2. The zero-order valence-electron chi connectivity index (χ0n) is 19.1. The summed E-state index contributed by atoms with van der Waals surface area (Å²) in [6.45, 7) is 3.76. The van der Waals surface area contributed by atoms with Gasteiger partial charge in [-0.15, -0.1) is 0 Å². The molecule has 3 aromatic carbocycles. The molecule has 0 aromatic heterocycles. The summed E-state index contributed by atoms with van der Waals surface area (Å²) >= 11 is 0. The molecule has 3 aromatic rings. The highest BCUT2D eigenvalue weighted by Crippen LogP contribution is 2.33. The van der Waals surface area contributed by atoms with E-state index in [1.165, 1.54) is 22.5 Å². The molecule has 0 radical (unpaired) electrons. The third-order valence-electron chi connectivity index (χ3n) is 5.91. The van der Waals surface area contributed by atoms with Gasteiger partial charge in [0.25, 0.3) is 15.9 Å². The number of nitrogens with one attached hydrogen (secondary N) is 1. The largest absolute Gasteiger partial charge is 0.484 e. The van der Waals surface area contributed by atoms with Gasteiger partial charge in [-0.05, 0) is 79.8 Å². The van der Waals surface area contributed by atoms with Crippen molar-refractivity contribution in [3.63, 3.8) is 0 Å². The van der Waals surface area contributed by atoms with Gasteiger partial charge in [-0.25, -0.2) is 12.8 Å². The van der Waals surface area contributed by atoms with Gasteiger partial charge in [0.05, 0.1) is 16.6 Å². The molecule has 0 spiro atoms. The molecule has 8 heteroatoms. The molecule has 0 saturated heterocycles.